The van der Waals surface area contributed by atoms with Gasteiger partial charge >= 0.3 is 6.61 Å². The summed E-state index contributed by atoms with van der Waals surface area (Å²) in [6.07, 6.45) is 4.46. The van der Waals surface area contributed by atoms with Gasteiger partial charge in [-0.05, 0) is 18.8 Å². The van der Waals surface area contributed by atoms with Crippen molar-refractivity contribution in [1.29, 1.82) is 0 Å². The van der Waals surface area contributed by atoms with Gasteiger partial charge in [0.05, 0.1) is 11.4 Å². The molecule has 0 saturated heterocycles. The molecule has 0 bridgehead atoms. The van der Waals surface area contributed by atoms with Crippen LogP contribution in [0.3, 0.4) is 0 Å². The Kier molecular flexibility index (Phi) is 4.85. The Balaban J connectivity index is 2.29. The normalized spacial score (nSPS) is 22.4. The molecule has 3 nitrogen and oxygen atoms in total. The molecule has 0 spiro atoms. The Morgan fingerprint density at radius 2 is 1.95 bits per heavy atom. The van der Waals surface area contributed by atoms with Crippen LogP contribution in [0.4, 0.5) is 24.5 Å². The maximum Gasteiger partial charge on any atom is 0.387 e. The van der Waals surface area contributed by atoms with E-state index in [-0.39, 0.29) is 11.7 Å². The summed E-state index contributed by atoms with van der Waals surface area (Å²) in [5.41, 5.74) is 6.61. The molecule has 118 valence electrons. The summed E-state index contributed by atoms with van der Waals surface area (Å²) < 4.78 is 42.5. The SMILES string of the molecule is CC1CCCCC1N(C)c1cc(OC(F)F)c(F)cc1N. The minimum Gasteiger partial charge on any atom is -0.432 e. The van der Waals surface area contributed by atoms with Crippen molar-refractivity contribution in [2.45, 2.75) is 45.3 Å². The number of alkyl halides is 2. The van der Waals surface area contributed by atoms with Gasteiger partial charge in [-0.25, -0.2) is 4.39 Å². The number of nitrogen functional groups attached to an aromatic ring is 1. The Morgan fingerprint density at radius 3 is 2.57 bits per heavy atom. The largest absolute Gasteiger partial charge is 0.432 e. The lowest BCUT2D eigenvalue weighted by Crippen LogP contribution is -2.39. The fourth-order valence-corrected chi connectivity index (χ4v) is 3.10. The predicted molar refractivity (Wildman–Crippen MR) is 77.3 cm³/mol. The van der Waals surface area contributed by atoms with E-state index in [9.17, 15) is 13.2 Å². The molecule has 1 aromatic rings. The summed E-state index contributed by atoms with van der Waals surface area (Å²) in [5, 5.41) is 0. The molecule has 2 N–H and O–H groups in total. The molecular weight excluding hydrogens is 281 g/mol. The van der Waals surface area contributed by atoms with Crippen molar-refractivity contribution < 1.29 is 17.9 Å². The van der Waals surface area contributed by atoms with Gasteiger partial charge in [0.1, 0.15) is 0 Å². The molecule has 1 aromatic carbocycles. The first kappa shape index (κ1) is 15.8. The third-order valence-corrected chi connectivity index (χ3v) is 4.24. The molecule has 0 aromatic heterocycles. The third-order valence-electron chi connectivity index (χ3n) is 4.24. The van der Waals surface area contributed by atoms with Crippen LogP contribution >= 0.6 is 0 Å². The summed E-state index contributed by atoms with van der Waals surface area (Å²) in [5.74, 6) is -0.862. The molecule has 2 atom stereocenters. The number of rotatable bonds is 4. The van der Waals surface area contributed by atoms with Crippen LogP contribution < -0.4 is 15.4 Å². The Hall–Kier alpha value is -1.59. The van der Waals surface area contributed by atoms with Crippen molar-refractivity contribution in [2.75, 3.05) is 17.7 Å². The zero-order valence-corrected chi connectivity index (χ0v) is 12.3. The summed E-state index contributed by atoms with van der Waals surface area (Å²) in [6, 6.07) is 2.57. The van der Waals surface area contributed by atoms with E-state index in [1.165, 1.54) is 12.5 Å². The van der Waals surface area contributed by atoms with Crippen LogP contribution in [0.15, 0.2) is 12.1 Å². The first-order chi connectivity index (χ1) is 9.90. The average Bonchev–Trinajstić information content (AvgIpc) is 2.41. The molecule has 0 aliphatic heterocycles. The predicted octanol–water partition coefficient (Wildman–Crippen LogP) is 4.02. The lowest BCUT2D eigenvalue weighted by atomic mass is 9.85. The second-order valence-electron chi connectivity index (χ2n) is 5.66. The second-order valence-corrected chi connectivity index (χ2v) is 5.66. The summed E-state index contributed by atoms with van der Waals surface area (Å²) >= 11 is 0. The van der Waals surface area contributed by atoms with Crippen molar-refractivity contribution in [3.8, 4) is 5.75 Å². The zero-order valence-electron chi connectivity index (χ0n) is 12.3. The van der Waals surface area contributed by atoms with Gasteiger partial charge in [0.15, 0.2) is 11.6 Å². The highest BCUT2D eigenvalue weighted by atomic mass is 19.3. The Labute approximate surface area is 122 Å². The number of halogens is 3. The maximum atomic E-state index is 13.6. The third kappa shape index (κ3) is 3.54. The maximum absolute atomic E-state index is 13.6. The molecule has 1 aliphatic rings. The van der Waals surface area contributed by atoms with Crippen LogP contribution in [0.25, 0.3) is 0 Å². The highest BCUT2D eigenvalue weighted by Crippen LogP contribution is 2.36. The average molecular weight is 302 g/mol. The molecule has 2 unspecified atom stereocenters. The van der Waals surface area contributed by atoms with Gasteiger partial charge in [-0.15, -0.1) is 0 Å². The number of ether oxygens (including phenoxy) is 1. The molecule has 21 heavy (non-hydrogen) atoms. The number of hydrogen-bond acceptors (Lipinski definition) is 3. The van der Waals surface area contributed by atoms with Gasteiger partial charge in [0.25, 0.3) is 0 Å². The van der Waals surface area contributed by atoms with Crippen molar-refractivity contribution in [3.63, 3.8) is 0 Å². The summed E-state index contributed by atoms with van der Waals surface area (Å²) in [7, 11) is 1.86. The van der Waals surface area contributed by atoms with Crippen molar-refractivity contribution in [3.05, 3.63) is 17.9 Å². The molecule has 1 fully saturated rings. The van der Waals surface area contributed by atoms with E-state index in [2.05, 4.69) is 11.7 Å². The Bertz CT molecular complexity index is 496. The second kappa shape index (κ2) is 6.45. The van der Waals surface area contributed by atoms with Crippen LogP contribution in [0, 0.1) is 11.7 Å². The van der Waals surface area contributed by atoms with E-state index in [0.29, 0.717) is 11.6 Å². The molecule has 0 heterocycles. The van der Waals surface area contributed by atoms with Crippen molar-refractivity contribution in [2.24, 2.45) is 5.92 Å². The highest BCUT2D eigenvalue weighted by Gasteiger charge is 2.27. The van der Waals surface area contributed by atoms with Gasteiger partial charge in [-0.1, -0.05) is 19.8 Å². The minimum atomic E-state index is -3.06. The number of hydrogen-bond donors (Lipinski definition) is 1. The van der Waals surface area contributed by atoms with Crippen LogP contribution in [0.1, 0.15) is 32.6 Å². The Morgan fingerprint density at radius 1 is 1.29 bits per heavy atom. The van der Waals surface area contributed by atoms with Crippen molar-refractivity contribution >= 4 is 11.4 Å². The quantitative estimate of drug-likeness (QED) is 0.854. The van der Waals surface area contributed by atoms with E-state index >= 15 is 0 Å². The first-order valence-corrected chi connectivity index (χ1v) is 7.16. The summed E-state index contributed by atoms with van der Waals surface area (Å²) in [6.45, 7) is -0.897. The van der Waals surface area contributed by atoms with Crippen LogP contribution in [0.2, 0.25) is 0 Å². The standard InChI is InChI=1S/C15H21F3N2O/c1-9-5-3-4-6-12(9)20(2)13-8-14(21-15(17)18)10(16)7-11(13)19/h7-9,12,15H,3-6,19H2,1-2H3. The fraction of sp³-hybridized carbons (Fsp3) is 0.600. The van der Waals surface area contributed by atoms with E-state index < -0.39 is 18.2 Å². The van der Waals surface area contributed by atoms with Crippen LogP contribution in [-0.4, -0.2) is 19.7 Å². The molecule has 0 amide bonds. The first-order valence-electron chi connectivity index (χ1n) is 7.16. The van der Waals surface area contributed by atoms with Crippen LogP contribution in [-0.2, 0) is 0 Å². The molecule has 1 saturated carbocycles. The molecule has 2 rings (SSSR count). The molecular formula is C15H21F3N2O. The van der Waals surface area contributed by atoms with E-state index in [0.717, 1.165) is 25.3 Å². The van der Waals surface area contributed by atoms with E-state index in [4.69, 9.17) is 5.73 Å². The van der Waals surface area contributed by atoms with Crippen LogP contribution in [0.5, 0.6) is 5.75 Å². The smallest absolute Gasteiger partial charge is 0.387 e. The molecule has 1 aliphatic carbocycles. The number of benzene rings is 1. The van der Waals surface area contributed by atoms with E-state index in [1.807, 2.05) is 11.9 Å². The molecule has 0 radical (unpaired) electrons. The van der Waals surface area contributed by atoms with Gasteiger partial charge in [0.2, 0.25) is 0 Å². The summed E-state index contributed by atoms with van der Waals surface area (Å²) in [4.78, 5) is 1.96. The van der Waals surface area contributed by atoms with Gasteiger partial charge in [-0.3, -0.25) is 0 Å². The monoisotopic (exact) mass is 302 g/mol. The zero-order chi connectivity index (χ0) is 15.6. The highest BCUT2D eigenvalue weighted by molar-refractivity contribution is 5.70. The number of nitrogens with zero attached hydrogens (tertiary/aromatic N) is 1. The lowest BCUT2D eigenvalue weighted by molar-refractivity contribution is -0.0521. The topological polar surface area (TPSA) is 38.5 Å². The fourth-order valence-electron chi connectivity index (χ4n) is 3.10. The van der Waals surface area contributed by atoms with Gasteiger partial charge in [0, 0.05) is 25.2 Å². The minimum absolute atomic E-state index is 0.231. The number of anilines is 2. The van der Waals surface area contributed by atoms with Gasteiger partial charge in [-0.2, -0.15) is 8.78 Å². The van der Waals surface area contributed by atoms with E-state index in [1.54, 1.807) is 0 Å². The van der Waals surface area contributed by atoms with Crippen molar-refractivity contribution in [1.82, 2.24) is 0 Å². The number of nitrogens with two attached hydrogens (primary N) is 1. The molecule has 6 heteroatoms. The lowest BCUT2D eigenvalue weighted by Gasteiger charge is -2.38. The van der Waals surface area contributed by atoms with Gasteiger partial charge < -0.3 is 15.4 Å².